The molecule has 95 heavy (non-hydrogen) atoms. The first-order valence-corrected chi connectivity index (χ1v) is 33.9. The van der Waals surface area contributed by atoms with Crippen molar-refractivity contribution >= 4 is 64.1 Å². The van der Waals surface area contributed by atoms with E-state index in [1.165, 1.54) is 60.8 Å². The number of fused-ring (bicyclic) bond motifs is 2. The predicted octanol–water partition coefficient (Wildman–Crippen LogP) is 2.90. The number of aromatic amines is 1. The molecule has 4 aromatic rings. The molecule has 38 heteroatoms. The van der Waals surface area contributed by atoms with Gasteiger partial charge in [0.2, 0.25) is 5.91 Å². The number of amides is 2. The van der Waals surface area contributed by atoms with Crippen molar-refractivity contribution in [3.63, 3.8) is 0 Å². The van der Waals surface area contributed by atoms with Gasteiger partial charge in [-0.25, -0.2) is 28.1 Å². The van der Waals surface area contributed by atoms with Gasteiger partial charge in [-0.3, -0.25) is 60.4 Å². The molecule has 0 spiro atoms. The number of benzene rings is 3. The Kier molecular flexibility index (Phi) is 26.2. The third-order valence-electron chi connectivity index (χ3n) is 14.4. The number of aromatic hydroxyl groups is 1. The molecule has 0 bridgehead atoms. The quantitative estimate of drug-likeness (QED) is 0.0116. The van der Waals surface area contributed by atoms with Crippen LogP contribution in [-0.2, 0) is 64.6 Å². The number of nitrogens with zero attached hydrogens (tertiary/aromatic N) is 3. The zero-order chi connectivity index (χ0) is 68.5. The number of aromatic carboxylic acids is 1. The van der Waals surface area contributed by atoms with Crippen molar-refractivity contribution in [3.05, 3.63) is 137 Å². The Morgan fingerprint density at radius 2 is 1.38 bits per heavy atom. The number of aliphatic hydroxyl groups excluding tert-OH is 2. The highest BCUT2D eigenvalue weighted by Gasteiger charge is 2.44. The molecule has 1 aliphatic carbocycles. The lowest BCUT2D eigenvalue weighted by atomic mass is 9.89. The lowest BCUT2D eigenvalue weighted by Gasteiger charge is -2.22. The van der Waals surface area contributed by atoms with Crippen molar-refractivity contribution in [1.82, 2.24) is 29.7 Å². The monoisotopic (exact) mass is 1390 g/mol. The van der Waals surface area contributed by atoms with Crippen LogP contribution in [0.5, 0.6) is 5.75 Å². The van der Waals surface area contributed by atoms with Crippen LogP contribution in [0.2, 0.25) is 0 Å². The van der Waals surface area contributed by atoms with Crippen molar-refractivity contribution in [2.24, 2.45) is 0 Å². The van der Waals surface area contributed by atoms with Crippen LogP contribution in [0.1, 0.15) is 83.7 Å². The summed E-state index contributed by atoms with van der Waals surface area (Å²) >= 11 is 0. The first-order chi connectivity index (χ1) is 45.3. The topological polar surface area (TPSA) is 506 Å². The van der Waals surface area contributed by atoms with Crippen LogP contribution in [0, 0.1) is 0 Å². The fourth-order valence-corrected chi connectivity index (χ4v) is 12.2. The number of phenolic OH excluding ortho intramolecular Hbond substituents is 1. The number of hydrogen-bond donors (Lipinski definition) is 11. The Bertz CT molecular complexity index is 4070. The van der Waals surface area contributed by atoms with Crippen LogP contribution >= 0.6 is 23.5 Å². The Balaban J connectivity index is 0.754. The second kappa shape index (κ2) is 34.0. The number of carbonyl (C=O) groups is 3. The van der Waals surface area contributed by atoms with Crippen molar-refractivity contribution < 1.29 is 114 Å². The van der Waals surface area contributed by atoms with Gasteiger partial charge < -0.3 is 74.8 Å². The number of carboxylic acid groups (broad SMARTS) is 1. The SMILES string of the molecule is Nc1ccn(C2CC(O)C(COP(=O)(O)OCCOCCOCCOP(=O)(O)OC3CC(n4cc(/C=C/C(=O)NCCCCCCNC(=O)c5ccc(C(=O)O)c(-c6c7ccc(=O)cc-7oc7cc(O)ccc67)c5)c(=O)[nH]c4=O)OC3COP(=O)(O)OCCCO)O2)c(=O)n1. The third kappa shape index (κ3) is 21.3. The van der Waals surface area contributed by atoms with Crippen LogP contribution in [0.25, 0.3) is 39.5 Å². The number of phosphoric ester groups is 3. The number of phenols is 1. The first-order valence-electron chi connectivity index (χ1n) is 29.5. The number of nitrogens with one attached hydrogen (secondary N) is 3. The smallest absolute Gasteiger partial charge is 0.472 e. The predicted molar refractivity (Wildman–Crippen MR) is 331 cm³/mol. The normalized spacial score (nSPS) is 20.0. The molecule has 2 fully saturated rings. The number of nitrogens with two attached hydrogens (primary N) is 1. The molecule has 0 saturated carbocycles. The molecule has 2 amide bonds. The number of ether oxygens (including phenoxy) is 4. The molecule has 2 aromatic carbocycles. The second-order valence-corrected chi connectivity index (χ2v) is 25.5. The second-order valence-electron chi connectivity index (χ2n) is 21.2. The van der Waals surface area contributed by atoms with E-state index in [9.17, 15) is 77.3 Å². The molecule has 35 nitrogen and oxygen atoms in total. The molecule has 9 atom stereocenters. The van der Waals surface area contributed by atoms with E-state index < -0.39 is 128 Å². The van der Waals surface area contributed by atoms with Gasteiger partial charge in [-0.05, 0) is 79.4 Å². The Morgan fingerprint density at radius 1 is 0.726 bits per heavy atom. The van der Waals surface area contributed by atoms with E-state index in [-0.39, 0.29) is 116 Å². The third-order valence-corrected chi connectivity index (χ3v) is 17.4. The standard InChI is InChI=1S/C57H70N7O28P3/c58-48-14-17-63(56(74)61-48)50-29-42(68)46(90-50)32-87-94(78,79)85-24-22-82-20-21-83-23-25-86-95(80,81)92-45-30-51(91-47(45)33-88-93(76,77)84-19-5-18-65)64-31-35(54(71)62-57(64)75)7-13-49(69)59-15-3-1-2-4-16-60-53(70)34-6-10-38(55(72)73)41(26-34)52-39-11-8-36(66)27-43(39)89-44-28-37(67)9-12-40(44)52/h6-14,17,26-28,31,42,45-47,50-51,65-66,68H,1-5,15-16,18-25,29-30,32-33H2,(H,59,69)(H,60,70)(H,72,73)(H,76,77)(H,78,79)(H,80,81)(H2,58,61,74)(H,62,71,75)/b13-7+. The van der Waals surface area contributed by atoms with Crippen LogP contribution in [0.4, 0.5) is 5.82 Å². The number of carboxylic acids is 1. The number of nitrogen functional groups attached to an aromatic ring is 1. The number of hydrogen-bond acceptors (Lipinski definition) is 26. The lowest BCUT2D eigenvalue weighted by molar-refractivity contribution is -0.116. The highest BCUT2D eigenvalue weighted by Crippen LogP contribution is 2.50. The minimum Gasteiger partial charge on any atom is -0.508 e. The molecule has 5 heterocycles. The molecule has 2 saturated heterocycles. The maximum absolute atomic E-state index is 13.4. The summed E-state index contributed by atoms with van der Waals surface area (Å²) in [6.45, 7) is -3.30. The zero-order valence-electron chi connectivity index (χ0n) is 50.4. The van der Waals surface area contributed by atoms with Gasteiger partial charge in [0.25, 0.3) is 11.5 Å². The van der Waals surface area contributed by atoms with E-state index >= 15 is 0 Å². The van der Waals surface area contributed by atoms with Gasteiger partial charge in [0.05, 0.1) is 76.7 Å². The molecule has 4 aliphatic rings. The maximum atomic E-state index is 13.4. The number of carbonyl (C=O) groups excluding carboxylic acids is 2. The number of H-pyrrole nitrogens is 1. The number of aliphatic hydroxyl groups is 2. The molecule has 8 rings (SSSR count). The Hall–Kier alpha value is -7.47. The average molecular weight is 1390 g/mol. The molecule has 12 N–H and O–H groups in total. The maximum Gasteiger partial charge on any atom is 0.472 e. The van der Waals surface area contributed by atoms with Crippen molar-refractivity contribution in [1.29, 1.82) is 0 Å². The van der Waals surface area contributed by atoms with Crippen LogP contribution in [0.15, 0.2) is 103 Å². The fraction of sp³-hybridized carbons (Fsp3) is 0.439. The molecule has 9 unspecified atom stereocenters. The lowest BCUT2D eigenvalue weighted by Crippen LogP contribution is -2.33. The molecule has 0 radical (unpaired) electrons. The first kappa shape index (κ1) is 73.3. The summed E-state index contributed by atoms with van der Waals surface area (Å²) in [5.74, 6) is -2.34. The molecule has 3 aliphatic heterocycles. The van der Waals surface area contributed by atoms with Gasteiger partial charge in [0, 0.05) is 85.2 Å². The highest BCUT2D eigenvalue weighted by atomic mass is 31.2. The van der Waals surface area contributed by atoms with Crippen LogP contribution in [-0.4, -0.2) is 176 Å². The number of unbranched alkanes of at least 4 members (excludes halogenated alkanes) is 3. The van der Waals surface area contributed by atoms with E-state index in [4.69, 9.17) is 61.3 Å². The van der Waals surface area contributed by atoms with Gasteiger partial charge in [-0.2, -0.15) is 4.98 Å². The average Bonchev–Trinajstić information content (AvgIpc) is 1.46. The molecule has 516 valence electrons. The zero-order valence-corrected chi connectivity index (χ0v) is 53.1. The van der Waals surface area contributed by atoms with Crippen LogP contribution in [0.3, 0.4) is 0 Å². The molecule has 2 aromatic heterocycles. The fourth-order valence-electron chi connectivity index (χ4n) is 9.82. The number of phosphoric acid groups is 3. The minimum atomic E-state index is -5.02. The number of anilines is 1. The largest absolute Gasteiger partial charge is 0.508 e. The Labute approximate surface area is 538 Å². The molecular weight excluding hydrogens is 1320 g/mol. The summed E-state index contributed by atoms with van der Waals surface area (Å²) in [4.78, 5) is 126. The molecular formula is C57H70N7O28P3. The van der Waals surface area contributed by atoms with E-state index in [0.717, 1.165) is 27.5 Å². The van der Waals surface area contributed by atoms with Gasteiger partial charge in [-0.15, -0.1) is 0 Å². The highest BCUT2D eigenvalue weighted by molar-refractivity contribution is 7.48. The summed E-state index contributed by atoms with van der Waals surface area (Å²) in [5, 5.41) is 45.7. The Morgan fingerprint density at radius 3 is 2.07 bits per heavy atom. The summed E-state index contributed by atoms with van der Waals surface area (Å²) in [6.07, 6.45) is -1.16. The summed E-state index contributed by atoms with van der Waals surface area (Å²) in [5.41, 5.74) is 3.50. The summed E-state index contributed by atoms with van der Waals surface area (Å²) in [7, 11) is -14.5. The van der Waals surface area contributed by atoms with E-state index in [2.05, 4.69) is 20.6 Å². The number of aromatic nitrogens is 4. The van der Waals surface area contributed by atoms with Crippen molar-refractivity contribution in [2.75, 3.05) is 84.9 Å². The van der Waals surface area contributed by atoms with Gasteiger partial charge >= 0.3 is 40.8 Å². The minimum absolute atomic E-state index is 0.0115. The van der Waals surface area contributed by atoms with E-state index in [0.29, 0.717) is 42.2 Å². The van der Waals surface area contributed by atoms with E-state index in [1.807, 2.05) is 0 Å². The van der Waals surface area contributed by atoms with Crippen molar-refractivity contribution in [3.8, 4) is 28.2 Å². The summed E-state index contributed by atoms with van der Waals surface area (Å²) in [6, 6.07) is 13.8. The van der Waals surface area contributed by atoms with Gasteiger partial charge in [0.1, 0.15) is 53.7 Å². The van der Waals surface area contributed by atoms with Crippen molar-refractivity contribution in [2.45, 2.75) is 81.8 Å². The summed E-state index contributed by atoms with van der Waals surface area (Å²) < 4.78 is 98.3. The van der Waals surface area contributed by atoms with Gasteiger partial charge in [-0.1, -0.05) is 12.8 Å². The number of rotatable bonds is 37. The van der Waals surface area contributed by atoms with E-state index in [1.54, 1.807) is 6.07 Å². The van der Waals surface area contributed by atoms with Gasteiger partial charge in [0.15, 0.2) is 5.43 Å². The van der Waals surface area contributed by atoms with Crippen LogP contribution < -0.4 is 38.7 Å².